The van der Waals surface area contributed by atoms with E-state index in [1.165, 1.54) is 0 Å². The number of rotatable bonds is 10. The van der Waals surface area contributed by atoms with Crippen molar-refractivity contribution in [2.75, 3.05) is 13.2 Å². The van der Waals surface area contributed by atoms with Gasteiger partial charge in [0.05, 0.1) is 18.8 Å². The van der Waals surface area contributed by atoms with Crippen LogP contribution in [0.1, 0.15) is 38.2 Å². The van der Waals surface area contributed by atoms with Crippen LogP contribution in [-0.4, -0.2) is 19.2 Å². The molecule has 0 aromatic heterocycles. The van der Waals surface area contributed by atoms with Gasteiger partial charge in [-0.15, -0.1) is 0 Å². The van der Waals surface area contributed by atoms with Gasteiger partial charge in [-0.2, -0.15) is 5.26 Å². The Morgan fingerprint density at radius 3 is 2.37 bits per heavy atom. The van der Waals surface area contributed by atoms with Gasteiger partial charge in [0, 0.05) is 11.1 Å². The number of carbonyl (C=O) groups excluding carboxylic acids is 1. The third kappa shape index (κ3) is 6.31. The third-order valence-corrected chi connectivity index (χ3v) is 4.09. The van der Waals surface area contributed by atoms with Crippen molar-refractivity contribution in [3.63, 3.8) is 0 Å². The molecule has 4 nitrogen and oxygen atoms in total. The molecule has 0 spiro atoms. The first kappa shape index (κ1) is 20.3. The van der Waals surface area contributed by atoms with Gasteiger partial charge in [-0.05, 0) is 44.2 Å². The van der Waals surface area contributed by atoms with Crippen LogP contribution < -0.4 is 4.74 Å². The number of ether oxygens (including phenoxy) is 2. The van der Waals surface area contributed by atoms with Gasteiger partial charge in [-0.1, -0.05) is 49.0 Å². The van der Waals surface area contributed by atoms with Crippen LogP contribution >= 0.6 is 0 Å². The van der Waals surface area contributed by atoms with Gasteiger partial charge in [0.15, 0.2) is 0 Å². The lowest BCUT2D eigenvalue weighted by molar-refractivity contribution is -0.139. The van der Waals surface area contributed by atoms with E-state index in [9.17, 15) is 10.1 Å². The molecule has 0 aliphatic heterocycles. The molecule has 0 heterocycles. The zero-order chi connectivity index (χ0) is 19.5. The van der Waals surface area contributed by atoms with Crippen molar-refractivity contribution in [2.45, 2.75) is 32.6 Å². The van der Waals surface area contributed by atoms with Gasteiger partial charge in [-0.3, -0.25) is 0 Å². The van der Waals surface area contributed by atoms with Crippen molar-refractivity contribution in [3.8, 4) is 22.9 Å². The van der Waals surface area contributed by atoms with Gasteiger partial charge in [0.25, 0.3) is 0 Å². The van der Waals surface area contributed by atoms with Crippen LogP contribution in [-0.2, 0) is 9.53 Å². The molecule has 0 amide bonds. The minimum Gasteiger partial charge on any atom is -0.492 e. The van der Waals surface area contributed by atoms with E-state index in [-0.39, 0.29) is 5.97 Å². The lowest BCUT2D eigenvalue weighted by Gasteiger charge is -2.13. The van der Waals surface area contributed by atoms with Crippen LogP contribution in [0.2, 0.25) is 0 Å². The van der Waals surface area contributed by atoms with Crippen molar-refractivity contribution in [1.29, 1.82) is 5.26 Å². The minimum absolute atomic E-state index is 0.333. The van der Waals surface area contributed by atoms with Gasteiger partial charge in [-0.25, -0.2) is 4.79 Å². The zero-order valence-corrected chi connectivity index (χ0v) is 15.7. The number of nitrogens with zero attached hydrogens (tertiary/aromatic N) is 1. The van der Waals surface area contributed by atoms with Gasteiger partial charge in [0.2, 0.25) is 0 Å². The highest BCUT2D eigenvalue weighted by Crippen LogP contribution is 2.33. The van der Waals surface area contributed by atoms with E-state index in [1.54, 1.807) is 13.0 Å². The average molecular weight is 363 g/mol. The van der Waals surface area contributed by atoms with Crippen molar-refractivity contribution in [3.05, 3.63) is 66.2 Å². The number of hydrogen-bond acceptors (Lipinski definition) is 4. The monoisotopic (exact) mass is 363 g/mol. The molecule has 0 N–H and O–H groups in total. The fraction of sp³-hybridized carbons (Fsp3) is 0.304. The molecule has 0 aliphatic rings. The molecule has 0 fully saturated rings. The van der Waals surface area contributed by atoms with Gasteiger partial charge in [0.1, 0.15) is 11.8 Å². The molecule has 140 valence electrons. The first-order chi connectivity index (χ1) is 13.1. The number of hydrogen-bond donors (Lipinski definition) is 0. The summed E-state index contributed by atoms with van der Waals surface area (Å²) in [6.45, 7) is 6.16. The average Bonchev–Trinajstić information content (AvgIpc) is 2.70. The molecule has 0 radical (unpaired) electrons. The van der Waals surface area contributed by atoms with E-state index in [0.29, 0.717) is 30.1 Å². The van der Waals surface area contributed by atoms with Crippen LogP contribution in [0.25, 0.3) is 11.1 Å². The Hall–Kier alpha value is -3.06. The topological polar surface area (TPSA) is 59.3 Å². The SMILES string of the molecule is C=C(C)C(=O)OCCCCCCOc1c(C#N)cccc1-c1ccccc1. The maximum Gasteiger partial charge on any atom is 0.333 e. The Morgan fingerprint density at radius 1 is 1.00 bits per heavy atom. The first-order valence-corrected chi connectivity index (χ1v) is 9.17. The molecule has 2 aromatic rings. The fourth-order valence-electron chi connectivity index (χ4n) is 2.65. The number of nitriles is 1. The van der Waals surface area contributed by atoms with Crippen molar-refractivity contribution in [2.24, 2.45) is 0 Å². The summed E-state index contributed by atoms with van der Waals surface area (Å²) in [7, 11) is 0. The number of benzene rings is 2. The second-order valence-corrected chi connectivity index (χ2v) is 6.34. The second kappa shape index (κ2) is 10.8. The number of para-hydroxylation sites is 1. The normalized spacial score (nSPS) is 10.1. The molecule has 2 aromatic carbocycles. The molecular weight excluding hydrogens is 338 g/mol. The van der Waals surface area contributed by atoms with E-state index in [1.807, 2.05) is 42.5 Å². The highest BCUT2D eigenvalue weighted by molar-refractivity contribution is 5.86. The predicted octanol–water partition coefficient (Wildman–Crippen LogP) is 5.28. The van der Waals surface area contributed by atoms with Crippen LogP contribution in [0.3, 0.4) is 0 Å². The van der Waals surface area contributed by atoms with Gasteiger partial charge >= 0.3 is 5.97 Å². The summed E-state index contributed by atoms with van der Waals surface area (Å²) in [5.41, 5.74) is 2.93. The third-order valence-electron chi connectivity index (χ3n) is 4.09. The summed E-state index contributed by atoms with van der Waals surface area (Å²) in [5.74, 6) is 0.307. The maximum atomic E-state index is 11.3. The Morgan fingerprint density at radius 2 is 1.70 bits per heavy atom. The van der Waals surface area contributed by atoms with E-state index in [2.05, 4.69) is 12.6 Å². The van der Waals surface area contributed by atoms with Crippen molar-refractivity contribution < 1.29 is 14.3 Å². The number of unbranched alkanes of at least 4 members (excludes halogenated alkanes) is 3. The summed E-state index contributed by atoms with van der Waals surface area (Å²) >= 11 is 0. The molecule has 0 unspecified atom stereocenters. The van der Waals surface area contributed by atoms with E-state index in [4.69, 9.17) is 9.47 Å². The van der Waals surface area contributed by atoms with E-state index >= 15 is 0 Å². The van der Waals surface area contributed by atoms with E-state index in [0.717, 1.165) is 36.8 Å². The molecule has 2 rings (SSSR count). The Labute approximate surface area is 161 Å². The molecule has 0 aliphatic carbocycles. The van der Waals surface area contributed by atoms with Gasteiger partial charge < -0.3 is 9.47 Å². The molecule has 0 bridgehead atoms. The summed E-state index contributed by atoms with van der Waals surface area (Å²) in [6, 6.07) is 17.8. The quantitative estimate of drug-likeness (QED) is 0.327. The molecule has 0 saturated carbocycles. The Balaban J connectivity index is 1.82. The Bertz CT molecular complexity index is 806. The summed E-state index contributed by atoms with van der Waals surface area (Å²) < 4.78 is 11.0. The standard InChI is InChI=1S/C23H25NO3/c1-18(2)23(25)27-16-9-4-3-8-15-26-22-20(17-24)13-10-14-21(22)19-11-6-5-7-12-19/h5-7,10-14H,1,3-4,8-9,15-16H2,2H3. The molecule has 27 heavy (non-hydrogen) atoms. The summed E-state index contributed by atoms with van der Waals surface area (Å²) in [6.07, 6.45) is 3.63. The van der Waals surface area contributed by atoms with E-state index < -0.39 is 0 Å². The number of esters is 1. The number of carbonyl (C=O) groups is 1. The second-order valence-electron chi connectivity index (χ2n) is 6.34. The van der Waals surface area contributed by atoms with Crippen molar-refractivity contribution in [1.82, 2.24) is 0 Å². The minimum atomic E-state index is -0.333. The van der Waals surface area contributed by atoms with Crippen LogP contribution in [0.4, 0.5) is 0 Å². The summed E-state index contributed by atoms with van der Waals surface area (Å²) in [4.78, 5) is 11.3. The fourth-order valence-corrected chi connectivity index (χ4v) is 2.65. The molecule has 4 heteroatoms. The van der Waals surface area contributed by atoms with Crippen LogP contribution in [0, 0.1) is 11.3 Å². The zero-order valence-electron chi connectivity index (χ0n) is 15.7. The lowest BCUT2D eigenvalue weighted by Crippen LogP contribution is -2.06. The predicted molar refractivity (Wildman–Crippen MR) is 106 cm³/mol. The lowest BCUT2D eigenvalue weighted by atomic mass is 10.0. The summed E-state index contributed by atoms with van der Waals surface area (Å²) in [5, 5.41) is 9.40. The van der Waals surface area contributed by atoms with Crippen molar-refractivity contribution >= 4 is 5.97 Å². The molecule has 0 saturated heterocycles. The maximum absolute atomic E-state index is 11.3. The largest absolute Gasteiger partial charge is 0.492 e. The molecule has 0 atom stereocenters. The van der Waals surface area contributed by atoms with Crippen LogP contribution in [0.15, 0.2) is 60.7 Å². The Kier molecular flexibility index (Phi) is 8.12. The smallest absolute Gasteiger partial charge is 0.333 e. The van der Waals surface area contributed by atoms with Crippen LogP contribution in [0.5, 0.6) is 5.75 Å². The first-order valence-electron chi connectivity index (χ1n) is 9.17. The highest BCUT2D eigenvalue weighted by atomic mass is 16.5. The highest BCUT2D eigenvalue weighted by Gasteiger charge is 2.11. The molecular formula is C23H25NO3.